The molecule has 0 aromatic carbocycles. The number of halogens is 2. The normalized spacial score (nSPS) is 14.8. The van der Waals surface area contributed by atoms with E-state index in [-0.39, 0.29) is 6.10 Å². The van der Waals surface area contributed by atoms with Crippen LogP contribution in [0.1, 0.15) is 27.7 Å². The molecular weight excluding hydrogens is 274 g/mol. The number of alkyl halides is 2. The molecule has 0 bridgehead atoms. The van der Waals surface area contributed by atoms with E-state index >= 15 is 0 Å². The molecule has 2 atom stereocenters. The Hall–Kier alpha value is 0.110. The lowest BCUT2D eigenvalue weighted by Crippen LogP contribution is -2.29. The van der Waals surface area contributed by atoms with E-state index in [0.717, 1.165) is 0 Å². The number of rotatable bonds is 6. The van der Waals surface area contributed by atoms with Crippen molar-refractivity contribution in [1.82, 2.24) is 0 Å². The second-order valence-electron chi connectivity index (χ2n) is 3.38. The number of ether oxygens (including phenoxy) is 2. The predicted octanol–water partition coefficient (Wildman–Crippen LogP) is 3.28. The molecule has 7 heteroatoms. The van der Waals surface area contributed by atoms with E-state index in [9.17, 15) is 9.36 Å². The van der Waals surface area contributed by atoms with Gasteiger partial charge in [-0.15, -0.1) is 0 Å². The van der Waals surface area contributed by atoms with Crippen molar-refractivity contribution in [3.05, 3.63) is 0 Å². The lowest BCUT2D eigenvalue weighted by molar-refractivity contribution is -0.146. The third kappa shape index (κ3) is 4.54. The minimum atomic E-state index is -2.28. The molecule has 0 aromatic rings. The van der Waals surface area contributed by atoms with Gasteiger partial charge in [-0.25, -0.2) is 4.79 Å². The summed E-state index contributed by atoms with van der Waals surface area (Å²) in [4.78, 5) is 11.5. The number of carbonyl (C=O) groups excluding carboxylic acids is 1. The van der Waals surface area contributed by atoms with Crippen LogP contribution in [0.3, 0.4) is 0 Å². The Labute approximate surface area is 106 Å². The first-order valence-corrected chi connectivity index (χ1v) is 6.98. The highest BCUT2D eigenvalue weighted by Crippen LogP contribution is 2.50. The van der Waals surface area contributed by atoms with Crippen LogP contribution in [0.2, 0.25) is 0 Å². The van der Waals surface area contributed by atoms with Crippen LogP contribution in [0.5, 0.6) is 0 Å². The lowest BCUT2D eigenvalue weighted by atomic mass is 10.5. The van der Waals surface area contributed by atoms with Gasteiger partial charge in [0, 0.05) is 13.5 Å². The summed E-state index contributed by atoms with van der Waals surface area (Å²) in [6.45, 7) is 6.97. The molecule has 0 saturated heterocycles. The summed E-state index contributed by atoms with van der Waals surface area (Å²) in [5.41, 5.74) is 0. The minimum absolute atomic E-state index is 0.366. The van der Waals surface area contributed by atoms with Gasteiger partial charge >= 0.3 is 17.8 Å². The molecule has 0 radical (unpaired) electrons. The van der Waals surface area contributed by atoms with Gasteiger partial charge in [0.15, 0.2) is 0 Å². The molecule has 0 N–H and O–H groups in total. The topological polar surface area (TPSA) is 52.6 Å². The van der Waals surface area contributed by atoms with Crippen molar-refractivity contribution in [2.75, 3.05) is 6.61 Å². The summed E-state index contributed by atoms with van der Waals surface area (Å²) in [7, 11) is -2.28. The van der Waals surface area contributed by atoms with Crippen LogP contribution in [0.4, 0.5) is 0 Å². The molecule has 94 valence electrons. The molecular formula is C9H16Cl2O4P+. The van der Waals surface area contributed by atoms with Crippen LogP contribution in [0.25, 0.3) is 0 Å². The third-order valence-electron chi connectivity index (χ3n) is 1.60. The highest BCUT2D eigenvalue weighted by molar-refractivity contribution is 7.53. The van der Waals surface area contributed by atoms with Gasteiger partial charge in [0.2, 0.25) is 0 Å². The second-order valence-corrected chi connectivity index (χ2v) is 7.28. The minimum Gasteiger partial charge on any atom is -0.457 e. The molecule has 0 aliphatic carbocycles. The molecule has 0 saturated carbocycles. The predicted molar refractivity (Wildman–Crippen MR) is 64.4 cm³/mol. The van der Waals surface area contributed by atoms with E-state index in [0.29, 0.717) is 6.61 Å². The fraction of sp³-hybridized carbons (Fsp3) is 0.889. The number of esters is 1. The SMILES string of the molecule is CCOC(C)[P+](=O)C(Cl)(Cl)C(=O)OC(C)C. The highest BCUT2D eigenvalue weighted by atomic mass is 35.5. The Morgan fingerprint density at radius 3 is 2.25 bits per heavy atom. The zero-order chi connectivity index (χ0) is 12.9. The molecule has 16 heavy (non-hydrogen) atoms. The standard InChI is InChI=1S/C9H16Cl2O4P/c1-5-14-7(4)16(13)9(10,11)8(12)15-6(2)3/h6-7H,5H2,1-4H3/q+1. The molecule has 0 aliphatic rings. The van der Waals surface area contributed by atoms with Crippen LogP contribution >= 0.6 is 31.0 Å². The largest absolute Gasteiger partial charge is 0.457 e. The molecule has 0 fully saturated rings. The first-order chi connectivity index (χ1) is 7.23. The molecule has 2 unspecified atom stereocenters. The first kappa shape index (κ1) is 16.1. The summed E-state index contributed by atoms with van der Waals surface area (Å²) in [5, 5.41) is 0. The van der Waals surface area contributed by atoms with Gasteiger partial charge in [-0.05, 0) is 44.0 Å². The van der Waals surface area contributed by atoms with Crippen molar-refractivity contribution in [3.63, 3.8) is 0 Å². The maximum absolute atomic E-state index is 11.8. The van der Waals surface area contributed by atoms with E-state index in [1.165, 1.54) is 0 Å². The monoisotopic (exact) mass is 289 g/mol. The van der Waals surface area contributed by atoms with Crippen molar-refractivity contribution in [2.45, 2.75) is 43.7 Å². The zero-order valence-electron chi connectivity index (χ0n) is 9.70. The maximum Gasteiger partial charge on any atom is 0.421 e. The Kier molecular flexibility index (Phi) is 6.80. The Balaban J connectivity index is 4.64. The lowest BCUT2D eigenvalue weighted by Gasteiger charge is -2.13. The average molecular weight is 290 g/mol. The van der Waals surface area contributed by atoms with Gasteiger partial charge < -0.3 is 9.47 Å². The first-order valence-electron chi connectivity index (χ1n) is 4.90. The quantitative estimate of drug-likeness (QED) is 0.428. The molecule has 0 amide bonds. The van der Waals surface area contributed by atoms with Gasteiger partial charge in [-0.3, -0.25) is 0 Å². The van der Waals surface area contributed by atoms with Crippen molar-refractivity contribution in [3.8, 4) is 0 Å². The molecule has 4 nitrogen and oxygen atoms in total. The fourth-order valence-corrected chi connectivity index (χ4v) is 2.80. The van der Waals surface area contributed by atoms with Crippen molar-refractivity contribution >= 4 is 37.0 Å². The Morgan fingerprint density at radius 2 is 1.88 bits per heavy atom. The second kappa shape index (κ2) is 6.75. The van der Waals surface area contributed by atoms with Gasteiger partial charge in [0.05, 0.1) is 6.10 Å². The smallest absolute Gasteiger partial charge is 0.421 e. The molecule has 0 rings (SSSR count). The zero-order valence-corrected chi connectivity index (χ0v) is 12.1. The third-order valence-corrected chi connectivity index (χ3v) is 4.46. The van der Waals surface area contributed by atoms with Gasteiger partial charge in [-0.2, -0.15) is 0 Å². The Morgan fingerprint density at radius 1 is 1.38 bits per heavy atom. The van der Waals surface area contributed by atoms with Gasteiger partial charge in [0.1, 0.15) is 0 Å². The maximum atomic E-state index is 11.8. The summed E-state index contributed by atoms with van der Waals surface area (Å²) >= 11 is 11.5. The van der Waals surface area contributed by atoms with Gasteiger partial charge in [0.25, 0.3) is 5.85 Å². The molecule has 0 aromatic heterocycles. The average Bonchev–Trinajstić information content (AvgIpc) is 2.15. The molecule has 0 spiro atoms. The molecule has 0 heterocycles. The van der Waals surface area contributed by atoms with Crippen molar-refractivity contribution < 1.29 is 18.8 Å². The number of hydrogen-bond donors (Lipinski definition) is 0. The summed E-state index contributed by atoms with van der Waals surface area (Å²) in [6.07, 6.45) is -0.366. The summed E-state index contributed by atoms with van der Waals surface area (Å²) in [5.74, 6) is -1.60. The van der Waals surface area contributed by atoms with E-state index in [4.69, 9.17) is 32.7 Å². The fourth-order valence-electron chi connectivity index (χ4n) is 0.912. The van der Waals surface area contributed by atoms with Crippen LogP contribution < -0.4 is 0 Å². The van der Waals surface area contributed by atoms with Gasteiger partial charge in [-0.1, -0.05) is 4.57 Å². The number of hydrogen-bond acceptors (Lipinski definition) is 4. The van der Waals surface area contributed by atoms with E-state index < -0.39 is 23.7 Å². The van der Waals surface area contributed by atoms with E-state index in [1.807, 2.05) is 0 Å². The summed E-state index contributed by atoms with van der Waals surface area (Å²) in [6, 6.07) is 0. The van der Waals surface area contributed by atoms with Crippen LogP contribution in [-0.2, 0) is 18.8 Å². The van der Waals surface area contributed by atoms with Crippen molar-refractivity contribution in [1.29, 1.82) is 0 Å². The Bertz CT molecular complexity index is 268. The van der Waals surface area contributed by atoms with E-state index in [2.05, 4.69) is 0 Å². The van der Waals surface area contributed by atoms with E-state index in [1.54, 1.807) is 27.7 Å². The highest BCUT2D eigenvalue weighted by Gasteiger charge is 2.58. The van der Waals surface area contributed by atoms with Crippen LogP contribution in [0, 0.1) is 0 Å². The summed E-state index contributed by atoms with van der Waals surface area (Å²) < 4.78 is 19.7. The van der Waals surface area contributed by atoms with Crippen LogP contribution in [0.15, 0.2) is 0 Å². The molecule has 0 aliphatic heterocycles. The number of carbonyl (C=O) groups is 1. The van der Waals surface area contributed by atoms with Crippen molar-refractivity contribution in [2.24, 2.45) is 0 Å². The van der Waals surface area contributed by atoms with Crippen LogP contribution in [-0.4, -0.2) is 28.6 Å².